The maximum absolute atomic E-state index is 12.4. The van der Waals surface area contributed by atoms with E-state index in [2.05, 4.69) is 59.2 Å². The van der Waals surface area contributed by atoms with Crippen LogP contribution in [0.3, 0.4) is 0 Å². The lowest BCUT2D eigenvalue weighted by Crippen LogP contribution is -2.41. The quantitative estimate of drug-likeness (QED) is 0.138. The van der Waals surface area contributed by atoms with Crippen LogP contribution < -0.4 is 10.6 Å². The summed E-state index contributed by atoms with van der Waals surface area (Å²) in [4.78, 5) is 28.9. The maximum Gasteiger partial charge on any atom is 0.257 e. The molecule has 2 N–H and O–H groups in total. The molecule has 0 spiro atoms. The van der Waals surface area contributed by atoms with Gasteiger partial charge in [0.05, 0.1) is 0 Å². The van der Waals surface area contributed by atoms with Crippen molar-refractivity contribution in [3.63, 3.8) is 0 Å². The van der Waals surface area contributed by atoms with Gasteiger partial charge in [0.1, 0.15) is 0 Å². The third kappa shape index (κ3) is 12.1. The van der Waals surface area contributed by atoms with Crippen molar-refractivity contribution in [3.05, 3.63) is 215 Å². The van der Waals surface area contributed by atoms with E-state index in [1.807, 2.05) is 119 Å². The molecule has 0 saturated carbocycles. The smallest absolute Gasteiger partial charge is 0.257 e. The highest BCUT2D eigenvalue weighted by Crippen LogP contribution is 2.13. The molecule has 260 valence electrons. The summed E-state index contributed by atoms with van der Waals surface area (Å²) in [6.45, 7) is 2.51. The zero-order valence-corrected chi connectivity index (χ0v) is 30.3. The molecular weight excluding hydrogens is 681 g/mol. The Morgan fingerprint density at radius 2 is 0.577 bits per heavy atom. The molecule has 2 amide bonds. The minimum absolute atomic E-state index is 0.193. The fraction of sp³-hybridized carbons (Fsp3) is 0.0909. The van der Waals surface area contributed by atoms with Gasteiger partial charge in [0.2, 0.25) is 0 Å². The van der Waals surface area contributed by atoms with Crippen molar-refractivity contribution in [3.8, 4) is 0 Å². The molecule has 52 heavy (non-hydrogen) atoms. The number of nitrogens with one attached hydrogen (secondary N) is 2. The van der Waals surface area contributed by atoms with E-state index < -0.39 is 0 Å². The number of carbonyl (C=O) groups excluding carboxylic acids is 2. The number of amides is 2. The van der Waals surface area contributed by atoms with Gasteiger partial charge in [-0.2, -0.15) is 0 Å². The third-order valence-corrected chi connectivity index (χ3v) is 8.67. The lowest BCUT2D eigenvalue weighted by Gasteiger charge is -2.25. The van der Waals surface area contributed by atoms with Crippen molar-refractivity contribution in [1.82, 2.24) is 20.4 Å². The molecule has 6 nitrogen and oxygen atoms in total. The number of hydrogen-bond donors (Lipinski definition) is 2. The van der Waals surface area contributed by atoms with Crippen LogP contribution in [0, 0.1) is 0 Å². The Morgan fingerprint density at radius 1 is 0.365 bits per heavy atom. The van der Waals surface area contributed by atoms with Gasteiger partial charge in [0.15, 0.2) is 10.2 Å². The predicted octanol–water partition coefficient (Wildman–Crippen LogP) is 8.81. The average Bonchev–Trinajstić information content (AvgIpc) is 3.20. The Morgan fingerprint density at radius 3 is 0.808 bits per heavy atom. The predicted molar refractivity (Wildman–Crippen MR) is 217 cm³/mol. The van der Waals surface area contributed by atoms with Crippen molar-refractivity contribution in [2.75, 3.05) is 0 Å². The van der Waals surface area contributed by atoms with E-state index in [9.17, 15) is 9.59 Å². The molecule has 0 aromatic heterocycles. The summed E-state index contributed by atoms with van der Waals surface area (Å²) in [5.41, 5.74) is 5.74. The summed E-state index contributed by atoms with van der Waals surface area (Å²) in [6.07, 6.45) is 0. The first kappa shape index (κ1) is 37.3. The molecule has 6 aromatic rings. The van der Waals surface area contributed by atoms with E-state index >= 15 is 0 Å². The van der Waals surface area contributed by atoms with Crippen LogP contribution in [0.15, 0.2) is 182 Å². The van der Waals surface area contributed by atoms with E-state index in [1.165, 1.54) is 0 Å². The zero-order chi connectivity index (χ0) is 36.4. The van der Waals surface area contributed by atoms with Crippen LogP contribution in [0.5, 0.6) is 0 Å². The highest BCUT2D eigenvalue weighted by Gasteiger charge is 2.16. The number of hydrogen-bond acceptors (Lipinski definition) is 4. The molecule has 0 bridgehead atoms. The van der Waals surface area contributed by atoms with Gasteiger partial charge < -0.3 is 9.80 Å². The summed E-state index contributed by atoms with van der Waals surface area (Å²) in [5, 5.41) is 6.56. The molecule has 0 heterocycles. The van der Waals surface area contributed by atoms with Gasteiger partial charge in [-0.05, 0) is 71.0 Å². The largest absolute Gasteiger partial charge is 0.340 e. The maximum atomic E-state index is 12.4. The van der Waals surface area contributed by atoms with E-state index in [0.717, 1.165) is 22.3 Å². The summed E-state index contributed by atoms with van der Waals surface area (Å²) in [7, 11) is 0. The number of benzene rings is 6. The van der Waals surface area contributed by atoms with Crippen LogP contribution in [-0.2, 0) is 26.2 Å². The van der Waals surface area contributed by atoms with Crippen molar-refractivity contribution < 1.29 is 9.59 Å². The Kier molecular flexibility index (Phi) is 14.4. The van der Waals surface area contributed by atoms with E-state index in [0.29, 0.717) is 47.5 Å². The molecule has 0 fully saturated rings. The molecule has 6 aromatic carbocycles. The SMILES string of the molecule is O=C(NC(=S)N(Cc1ccccc1)Cc1ccccc1)c1ccccc1.O=C(NC(=S)N(Cc1ccccc1)Cc1ccccc1)c1ccccc1. The zero-order valence-electron chi connectivity index (χ0n) is 28.7. The standard InChI is InChI=1S/2C22H20N2OS/c2*25-21(20-14-8-3-9-15-20)23-22(26)24(16-18-10-4-1-5-11-18)17-19-12-6-2-7-13-19/h2*1-15H,16-17H2,(H,23,25,26). The van der Waals surface area contributed by atoms with Crippen LogP contribution in [0.4, 0.5) is 0 Å². The first-order valence-corrected chi connectivity index (χ1v) is 17.7. The Bertz CT molecular complexity index is 1770. The molecular formula is C44H40N4O2S2. The van der Waals surface area contributed by atoms with Gasteiger partial charge in [-0.15, -0.1) is 0 Å². The second-order valence-corrected chi connectivity index (χ2v) is 12.7. The van der Waals surface area contributed by atoms with Gasteiger partial charge in [-0.3, -0.25) is 20.2 Å². The fourth-order valence-corrected chi connectivity index (χ4v) is 5.73. The topological polar surface area (TPSA) is 64.7 Å². The van der Waals surface area contributed by atoms with Crippen LogP contribution in [0.2, 0.25) is 0 Å². The lowest BCUT2D eigenvalue weighted by atomic mass is 10.2. The summed E-state index contributed by atoms with van der Waals surface area (Å²) in [5.74, 6) is -0.386. The average molecular weight is 721 g/mol. The molecule has 0 aliphatic rings. The second-order valence-electron chi connectivity index (χ2n) is 11.9. The van der Waals surface area contributed by atoms with Gasteiger partial charge in [-0.1, -0.05) is 158 Å². The summed E-state index contributed by atoms with van der Waals surface area (Å²) in [6, 6.07) is 58.6. The Hall–Kier alpha value is -5.96. The number of thiocarbonyl (C=S) groups is 2. The van der Waals surface area contributed by atoms with Gasteiger partial charge in [-0.25, -0.2) is 0 Å². The van der Waals surface area contributed by atoms with E-state index in [-0.39, 0.29) is 11.8 Å². The Labute approximate surface area is 316 Å². The van der Waals surface area contributed by atoms with E-state index in [1.54, 1.807) is 24.3 Å². The molecule has 0 atom stereocenters. The first-order valence-electron chi connectivity index (χ1n) is 16.9. The highest BCUT2D eigenvalue weighted by atomic mass is 32.1. The number of rotatable bonds is 10. The van der Waals surface area contributed by atoms with Crippen LogP contribution in [0.1, 0.15) is 43.0 Å². The second kappa shape index (κ2) is 20.0. The number of nitrogens with zero attached hydrogens (tertiary/aromatic N) is 2. The molecule has 0 saturated heterocycles. The normalized spacial score (nSPS) is 10.2. The third-order valence-electron chi connectivity index (χ3n) is 7.95. The summed E-state index contributed by atoms with van der Waals surface area (Å²) < 4.78 is 0. The first-order chi connectivity index (χ1) is 25.4. The van der Waals surface area contributed by atoms with Crippen molar-refractivity contribution in [1.29, 1.82) is 0 Å². The van der Waals surface area contributed by atoms with Gasteiger partial charge in [0, 0.05) is 37.3 Å². The van der Waals surface area contributed by atoms with E-state index in [4.69, 9.17) is 24.4 Å². The van der Waals surface area contributed by atoms with Crippen LogP contribution >= 0.6 is 24.4 Å². The lowest BCUT2D eigenvalue weighted by molar-refractivity contribution is 0.0964. The monoisotopic (exact) mass is 720 g/mol. The van der Waals surface area contributed by atoms with Crippen LogP contribution in [0.25, 0.3) is 0 Å². The minimum atomic E-state index is -0.193. The molecule has 8 heteroatoms. The summed E-state index contributed by atoms with van der Waals surface area (Å²) >= 11 is 11.1. The molecule has 0 aliphatic heterocycles. The molecule has 0 radical (unpaired) electrons. The highest BCUT2D eigenvalue weighted by molar-refractivity contribution is 7.80. The Balaban J connectivity index is 0.000000201. The minimum Gasteiger partial charge on any atom is -0.340 e. The fourth-order valence-electron chi connectivity index (χ4n) is 5.29. The number of carbonyl (C=O) groups is 2. The van der Waals surface area contributed by atoms with Crippen LogP contribution in [-0.4, -0.2) is 31.8 Å². The van der Waals surface area contributed by atoms with Crippen molar-refractivity contribution in [2.24, 2.45) is 0 Å². The van der Waals surface area contributed by atoms with Crippen molar-refractivity contribution in [2.45, 2.75) is 26.2 Å². The van der Waals surface area contributed by atoms with Gasteiger partial charge >= 0.3 is 0 Å². The molecule has 0 unspecified atom stereocenters. The van der Waals surface area contributed by atoms with Crippen molar-refractivity contribution >= 4 is 46.5 Å². The van der Waals surface area contributed by atoms with Gasteiger partial charge in [0.25, 0.3) is 11.8 Å². The molecule has 6 rings (SSSR count). The molecule has 0 aliphatic carbocycles.